The maximum Gasteiger partial charge on any atom is 0.424 e. The van der Waals surface area contributed by atoms with Gasteiger partial charge in [-0.3, -0.25) is 0 Å². The molecule has 0 aromatic heterocycles. The molecule has 1 amide bonds. The van der Waals surface area contributed by atoms with E-state index in [1.807, 2.05) is 26.8 Å². The molecule has 2 heterocycles. The van der Waals surface area contributed by atoms with Crippen molar-refractivity contribution in [1.29, 1.82) is 0 Å². The maximum atomic E-state index is 13.6. The van der Waals surface area contributed by atoms with Crippen molar-refractivity contribution in [2.45, 2.75) is 58.4 Å². The predicted octanol–water partition coefficient (Wildman–Crippen LogP) is 3.93. The Morgan fingerprint density at radius 3 is 2.31 bits per heavy atom. The molecule has 0 unspecified atom stereocenters. The number of imidazole rings is 1. The topological polar surface area (TPSA) is 132 Å². The molecule has 10 nitrogen and oxygen atoms in total. The molecule has 2 aliphatic rings. The van der Waals surface area contributed by atoms with Gasteiger partial charge in [-0.2, -0.15) is 4.31 Å². The molecule has 1 aromatic rings. The molecule has 0 aliphatic carbocycles. The zero-order valence-corrected chi connectivity index (χ0v) is 22.0. The number of ether oxygens (including phenoxy) is 2. The number of esters is 1. The normalized spacial score (nSPS) is 12.5. The molecule has 3 rings (SSSR count). The second-order valence-corrected chi connectivity index (χ2v) is 10.5. The smallest absolute Gasteiger partial charge is 0.424 e. The van der Waals surface area contributed by atoms with Gasteiger partial charge in [0.05, 0.1) is 23.8 Å². The summed E-state index contributed by atoms with van der Waals surface area (Å²) in [6.45, 7) is 8.66. The fraction of sp³-hybridized carbons (Fsp3) is 0.440. The molecule has 0 saturated carbocycles. The first-order chi connectivity index (χ1) is 17.1. The fourth-order valence-electron chi connectivity index (χ4n) is 3.88. The minimum absolute atomic E-state index is 0.0485. The Bertz CT molecular complexity index is 1270. The largest absolute Gasteiger partial charge is 0.464 e. The number of amides is 1. The molecule has 1 aromatic carbocycles. The highest BCUT2D eigenvalue weighted by atomic mass is 32.2. The van der Waals surface area contributed by atoms with E-state index in [2.05, 4.69) is 15.0 Å². The van der Waals surface area contributed by atoms with E-state index in [4.69, 9.17) is 9.47 Å². The average molecular weight is 517 g/mol. The summed E-state index contributed by atoms with van der Waals surface area (Å²) in [5, 5.41) is 0. The van der Waals surface area contributed by atoms with E-state index < -0.39 is 28.1 Å². The van der Waals surface area contributed by atoms with E-state index in [0.29, 0.717) is 16.6 Å². The van der Waals surface area contributed by atoms with E-state index in [-0.39, 0.29) is 30.4 Å². The number of nitrogens with one attached hydrogen (secondary N) is 1. The summed E-state index contributed by atoms with van der Waals surface area (Å²) >= 11 is 0. The van der Waals surface area contributed by atoms with Crippen LogP contribution in [0.4, 0.5) is 4.79 Å². The summed E-state index contributed by atoms with van der Waals surface area (Å²) in [4.78, 5) is 37.4. The van der Waals surface area contributed by atoms with E-state index in [1.54, 1.807) is 32.2 Å². The first-order valence-electron chi connectivity index (χ1n) is 11.9. The van der Waals surface area contributed by atoms with Crippen molar-refractivity contribution in [1.82, 2.24) is 19.3 Å². The third-order valence-corrected chi connectivity index (χ3v) is 7.22. The number of carbonyl (C=O) groups excluding carboxylic acids is 2. The van der Waals surface area contributed by atoms with Crippen molar-refractivity contribution in [2.75, 3.05) is 13.2 Å². The van der Waals surface area contributed by atoms with Crippen LogP contribution in [0.3, 0.4) is 0 Å². The third kappa shape index (κ3) is 6.01. The number of aromatic amines is 1. The quantitative estimate of drug-likeness (QED) is 0.401. The number of benzene rings is 1. The lowest BCUT2D eigenvalue weighted by Gasteiger charge is -2.29. The monoisotopic (exact) mass is 516 g/mol. The van der Waals surface area contributed by atoms with Gasteiger partial charge in [-0.25, -0.2) is 28.0 Å². The lowest BCUT2D eigenvalue weighted by Crippen LogP contribution is -2.50. The van der Waals surface area contributed by atoms with Crippen molar-refractivity contribution >= 4 is 22.1 Å². The molecule has 1 N–H and O–H groups in total. The van der Waals surface area contributed by atoms with Gasteiger partial charge in [-0.1, -0.05) is 26.0 Å². The van der Waals surface area contributed by atoms with Gasteiger partial charge < -0.3 is 14.5 Å². The number of sulfonamides is 1. The third-order valence-electron chi connectivity index (χ3n) is 5.43. The number of pyridine rings is 1. The summed E-state index contributed by atoms with van der Waals surface area (Å²) in [5.41, 5.74) is 3.20. The Hall–Kier alpha value is -3.47. The maximum absolute atomic E-state index is 13.6. The Morgan fingerprint density at radius 1 is 1.03 bits per heavy atom. The zero-order chi connectivity index (χ0) is 26.5. The van der Waals surface area contributed by atoms with Gasteiger partial charge in [-0.15, -0.1) is 0 Å². The van der Waals surface area contributed by atoms with Gasteiger partial charge in [0.1, 0.15) is 17.6 Å². The molecule has 0 bridgehead atoms. The Morgan fingerprint density at radius 2 is 1.69 bits per heavy atom. The van der Waals surface area contributed by atoms with Crippen LogP contribution in [0.2, 0.25) is 0 Å². The van der Waals surface area contributed by atoms with Crippen LogP contribution in [0.1, 0.15) is 51.2 Å². The second kappa shape index (κ2) is 11.5. The van der Waals surface area contributed by atoms with Gasteiger partial charge in [0.15, 0.2) is 0 Å². The summed E-state index contributed by atoms with van der Waals surface area (Å²) in [6.07, 6.45) is 1.23. The standard InChI is InChI=1S/C25H32N4O6S/c1-6-34-24(30)22(14-16(3)4)29(25(31)35-7-2)36(32,33)19-10-8-18(9-11-19)15-21-23-20(12-13-26-21)27-17(5)28-23/h8-13,16,22,26H,6-7,14-15H2,1-5H3/t22-/m0/s1. The van der Waals surface area contributed by atoms with Gasteiger partial charge in [0, 0.05) is 18.3 Å². The lowest BCUT2D eigenvalue weighted by molar-refractivity contribution is -0.147. The summed E-state index contributed by atoms with van der Waals surface area (Å²) in [7, 11) is -4.42. The first kappa shape index (κ1) is 27.1. The highest BCUT2D eigenvalue weighted by Gasteiger charge is 2.42. The second-order valence-electron chi connectivity index (χ2n) is 8.68. The van der Waals surface area contributed by atoms with Gasteiger partial charge in [0.25, 0.3) is 10.0 Å². The number of fused-ring (bicyclic) bond motifs is 1. The molecule has 0 spiro atoms. The van der Waals surface area contributed by atoms with E-state index in [0.717, 1.165) is 22.6 Å². The molecule has 0 radical (unpaired) electrons. The SMILES string of the molecule is CCOC(=O)[C@H](CC(C)C)N(C(=O)OCC)S(=O)(=O)c1ccc(Cc2[nH]ccc3nc(C)nc2-3)cc1. The highest BCUT2D eigenvalue weighted by Crippen LogP contribution is 2.27. The number of carbonyl (C=O) groups is 2. The van der Waals surface area contributed by atoms with Crippen molar-refractivity contribution in [3.63, 3.8) is 0 Å². The van der Waals surface area contributed by atoms with Crippen LogP contribution in [0, 0.1) is 12.8 Å². The number of aryl methyl sites for hydroxylation is 1. The zero-order valence-electron chi connectivity index (χ0n) is 21.1. The minimum Gasteiger partial charge on any atom is -0.464 e. The van der Waals surface area contributed by atoms with E-state index in [1.165, 1.54) is 12.1 Å². The summed E-state index contributed by atoms with van der Waals surface area (Å²) in [5.74, 6) is -0.214. The molecular weight excluding hydrogens is 484 g/mol. The summed E-state index contributed by atoms with van der Waals surface area (Å²) < 4.78 is 37.9. The van der Waals surface area contributed by atoms with Crippen LogP contribution in [-0.4, -0.2) is 59.0 Å². The van der Waals surface area contributed by atoms with Crippen LogP contribution in [0.5, 0.6) is 0 Å². The highest BCUT2D eigenvalue weighted by molar-refractivity contribution is 7.89. The number of aromatic nitrogens is 3. The van der Waals surface area contributed by atoms with Crippen LogP contribution in [-0.2, 0) is 30.7 Å². The molecule has 11 heteroatoms. The fourth-order valence-corrected chi connectivity index (χ4v) is 5.35. The van der Waals surface area contributed by atoms with E-state index >= 15 is 0 Å². The van der Waals surface area contributed by atoms with Gasteiger partial charge >= 0.3 is 12.1 Å². The minimum atomic E-state index is -4.42. The number of H-pyrrole nitrogens is 1. The molecule has 2 aliphatic heterocycles. The van der Waals surface area contributed by atoms with Crippen molar-refractivity contribution < 1.29 is 27.5 Å². The Balaban J connectivity index is 1.94. The van der Waals surface area contributed by atoms with Crippen LogP contribution < -0.4 is 0 Å². The summed E-state index contributed by atoms with van der Waals surface area (Å²) in [6, 6.07) is 6.64. The lowest BCUT2D eigenvalue weighted by atomic mass is 10.0. The van der Waals surface area contributed by atoms with Crippen molar-refractivity contribution in [3.8, 4) is 11.4 Å². The molecular formula is C25H32N4O6S. The van der Waals surface area contributed by atoms with Gasteiger partial charge in [0.2, 0.25) is 0 Å². The molecule has 194 valence electrons. The van der Waals surface area contributed by atoms with Crippen LogP contribution in [0.25, 0.3) is 11.4 Å². The Kier molecular flexibility index (Phi) is 8.67. The number of hydrogen-bond acceptors (Lipinski definition) is 8. The molecule has 0 saturated heterocycles. The van der Waals surface area contributed by atoms with Gasteiger partial charge in [-0.05, 0) is 56.9 Å². The van der Waals surface area contributed by atoms with Crippen LogP contribution in [0.15, 0.2) is 41.4 Å². The molecule has 36 heavy (non-hydrogen) atoms. The average Bonchev–Trinajstić information content (AvgIpc) is 3.20. The predicted molar refractivity (Wildman–Crippen MR) is 133 cm³/mol. The molecule has 0 fully saturated rings. The first-order valence-corrected chi connectivity index (χ1v) is 13.3. The molecule has 1 atom stereocenters. The van der Waals surface area contributed by atoms with Crippen molar-refractivity contribution in [3.05, 3.63) is 53.6 Å². The van der Waals surface area contributed by atoms with E-state index in [9.17, 15) is 18.0 Å². The number of rotatable bonds is 10. The number of hydrogen-bond donors (Lipinski definition) is 1. The van der Waals surface area contributed by atoms with Crippen molar-refractivity contribution in [2.24, 2.45) is 5.92 Å². The Labute approximate surface area is 211 Å². The van der Waals surface area contributed by atoms with Crippen LogP contribution >= 0.6 is 0 Å². The number of nitrogens with zero attached hydrogens (tertiary/aromatic N) is 3.